The van der Waals surface area contributed by atoms with Gasteiger partial charge in [-0.25, -0.2) is 4.79 Å². The molecule has 9 nitrogen and oxygen atoms in total. The molecule has 0 aliphatic carbocycles. The van der Waals surface area contributed by atoms with Crippen molar-refractivity contribution in [3.05, 3.63) is 88.3 Å². The molecule has 1 aromatic heterocycles. The van der Waals surface area contributed by atoms with Gasteiger partial charge in [0.05, 0.1) is 22.3 Å². The molecular weight excluding hydrogens is 480 g/mol. The molecule has 2 aromatic carbocycles. The molecule has 36 heavy (non-hydrogen) atoms. The normalized spacial score (nSPS) is 11.2. The second-order valence-electron chi connectivity index (χ2n) is 8.09. The van der Waals surface area contributed by atoms with E-state index < -0.39 is 12.0 Å². The molecule has 1 heterocycles. The van der Waals surface area contributed by atoms with Gasteiger partial charge in [-0.3, -0.25) is 19.7 Å². The van der Waals surface area contributed by atoms with Gasteiger partial charge >= 0.3 is 12.0 Å². The van der Waals surface area contributed by atoms with Crippen LogP contribution in [0.15, 0.2) is 66.7 Å². The van der Waals surface area contributed by atoms with Gasteiger partial charge in [-0.15, -0.1) is 11.3 Å². The third kappa shape index (κ3) is 8.55. The topological polar surface area (TPSA) is 137 Å². The summed E-state index contributed by atoms with van der Waals surface area (Å²) in [6.07, 6.45) is -0.253. The number of carboxylic acid groups (broad SMARTS) is 1. The SMILES string of the molecule is Cc1ccc(C(CC(=O)O)NC(=O)CCNC(=O)c2ccc(NC(=O)NCc3ccccc3)s2)cc1. The molecule has 1 atom stereocenters. The van der Waals surface area contributed by atoms with Crippen molar-refractivity contribution in [2.45, 2.75) is 32.4 Å². The number of carboxylic acids is 1. The fourth-order valence-electron chi connectivity index (χ4n) is 3.33. The number of hydrogen-bond acceptors (Lipinski definition) is 5. The van der Waals surface area contributed by atoms with Crippen LogP contribution in [0.1, 0.15) is 45.2 Å². The minimum Gasteiger partial charge on any atom is -0.481 e. The zero-order valence-electron chi connectivity index (χ0n) is 19.7. The van der Waals surface area contributed by atoms with Crippen LogP contribution in [0, 0.1) is 6.92 Å². The minimum atomic E-state index is -1.02. The first-order valence-corrected chi connectivity index (χ1v) is 12.2. The third-order valence-corrected chi connectivity index (χ3v) is 6.19. The Bertz CT molecular complexity index is 1190. The van der Waals surface area contributed by atoms with Gasteiger partial charge in [0.15, 0.2) is 0 Å². The van der Waals surface area contributed by atoms with E-state index in [1.807, 2.05) is 49.4 Å². The summed E-state index contributed by atoms with van der Waals surface area (Å²) in [5, 5.41) is 20.5. The molecule has 4 amide bonds. The second-order valence-corrected chi connectivity index (χ2v) is 9.18. The number of carbonyl (C=O) groups is 4. The van der Waals surface area contributed by atoms with E-state index in [0.717, 1.165) is 22.5 Å². The van der Waals surface area contributed by atoms with Gasteiger partial charge in [-0.05, 0) is 30.2 Å². The van der Waals surface area contributed by atoms with Crippen LogP contribution < -0.4 is 21.3 Å². The summed E-state index contributed by atoms with van der Waals surface area (Å²) in [5.74, 6) is -1.76. The largest absolute Gasteiger partial charge is 0.481 e. The molecule has 3 rings (SSSR count). The molecule has 188 valence electrons. The lowest BCUT2D eigenvalue weighted by molar-refractivity contribution is -0.137. The van der Waals surface area contributed by atoms with E-state index in [2.05, 4.69) is 21.3 Å². The van der Waals surface area contributed by atoms with E-state index in [1.54, 1.807) is 24.3 Å². The fraction of sp³-hybridized carbons (Fsp3) is 0.231. The molecule has 0 aliphatic heterocycles. The number of amides is 4. The Balaban J connectivity index is 1.43. The maximum atomic E-state index is 12.4. The molecule has 0 fully saturated rings. The summed E-state index contributed by atoms with van der Waals surface area (Å²) in [6, 6.07) is 19.0. The molecule has 5 N–H and O–H groups in total. The van der Waals surface area contributed by atoms with Crippen molar-refractivity contribution in [3.8, 4) is 0 Å². The highest BCUT2D eigenvalue weighted by molar-refractivity contribution is 7.18. The lowest BCUT2D eigenvalue weighted by atomic mass is 10.0. The Morgan fingerprint density at radius 1 is 0.917 bits per heavy atom. The molecule has 0 bridgehead atoms. The van der Waals surface area contributed by atoms with Gasteiger partial charge in [-0.2, -0.15) is 0 Å². The number of carbonyl (C=O) groups excluding carboxylic acids is 3. The molecule has 0 spiro atoms. The predicted octanol–water partition coefficient (Wildman–Crippen LogP) is 3.83. The van der Waals surface area contributed by atoms with Crippen molar-refractivity contribution in [3.63, 3.8) is 0 Å². The molecule has 0 aliphatic rings. The van der Waals surface area contributed by atoms with Crippen LogP contribution in [0.2, 0.25) is 0 Å². The second kappa shape index (κ2) is 13.1. The number of rotatable bonds is 11. The highest BCUT2D eigenvalue weighted by atomic mass is 32.1. The summed E-state index contributed by atoms with van der Waals surface area (Å²) in [5.41, 5.74) is 2.70. The average Bonchev–Trinajstić information content (AvgIpc) is 3.31. The maximum Gasteiger partial charge on any atom is 0.320 e. The van der Waals surface area contributed by atoms with Crippen molar-refractivity contribution >= 4 is 40.2 Å². The number of aryl methyl sites for hydroxylation is 1. The summed E-state index contributed by atoms with van der Waals surface area (Å²) < 4.78 is 0. The van der Waals surface area contributed by atoms with Crippen molar-refractivity contribution in [2.75, 3.05) is 11.9 Å². The Hall–Kier alpha value is -4.18. The van der Waals surface area contributed by atoms with E-state index in [1.165, 1.54) is 0 Å². The van der Waals surface area contributed by atoms with E-state index in [0.29, 0.717) is 22.0 Å². The number of benzene rings is 2. The van der Waals surface area contributed by atoms with Crippen molar-refractivity contribution in [2.24, 2.45) is 0 Å². The Kier molecular flexibility index (Phi) is 9.58. The number of hydrogen-bond donors (Lipinski definition) is 5. The van der Waals surface area contributed by atoms with Gasteiger partial charge in [0.1, 0.15) is 0 Å². The first-order valence-electron chi connectivity index (χ1n) is 11.3. The van der Waals surface area contributed by atoms with Gasteiger partial charge < -0.3 is 21.1 Å². The summed E-state index contributed by atoms with van der Waals surface area (Å²) in [7, 11) is 0. The van der Waals surface area contributed by atoms with Gasteiger partial charge in [0, 0.05) is 19.5 Å². The third-order valence-electron chi connectivity index (χ3n) is 5.19. The van der Waals surface area contributed by atoms with Gasteiger partial charge in [0.2, 0.25) is 5.91 Å². The van der Waals surface area contributed by atoms with Crippen LogP contribution in [0.25, 0.3) is 0 Å². The molecule has 0 radical (unpaired) electrons. The smallest absolute Gasteiger partial charge is 0.320 e. The predicted molar refractivity (Wildman–Crippen MR) is 138 cm³/mol. The lowest BCUT2D eigenvalue weighted by Gasteiger charge is -2.18. The maximum absolute atomic E-state index is 12.4. The highest BCUT2D eigenvalue weighted by Gasteiger charge is 2.18. The zero-order valence-corrected chi connectivity index (χ0v) is 20.6. The Morgan fingerprint density at radius 3 is 2.33 bits per heavy atom. The van der Waals surface area contributed by atoms with Crippen LogP contribution in [-0.2, 0) is 16.1 Å². The van der Waals surface area contributed by atoms with Crippen LogP contribution >= 0.6 is 11.3 Å². The molecule has 3 aromatic rings. The molecule has 0 saturated heterocycles. The number of thiophene rings is 1. The number of aliphatic carboxylic acids is 1. The van der Waals surface area contributed by atoms with E-state index in [-0.39, 0.29) is 37.2 Å². The van der Waals surface area contributed by atoms with E-state index in [4.69, 9.17) is 0 Å². The molecule has 1 unspecified atom stereocenters. The number of nitrogens with one attached hydrogen (secondary N) is 4. The first kappa shape index (κ1) is 26.4. The van der Waals surface area contributed by atoms with Gasteiger partial charge in [-0.1, -0.05) is 60.2 Å². The summed E-state index contributed by atoms with van der Waals surface area (Å²) in [6.45, 7) is 2.38. The van der Waals surface area contributed by atoms with E-state index in [9.17, 15) is 24.3 Å². The number of anilines is 1. The van der Waals surface area contributed by atoms with Crippen LogP contribution in [0.5, 0.6) is 0 Å². The van der Waals surface area contributed by atoms with Crippen LogP contribution in [0.4, 0.5) is 9.80 Å². The Labute approximate surface area is 212 Å². The lowest BCUT2D eigenvalue weighted by Crippen LogP contribution is -2.33. The van der Waals surface area contributed by atoms with Crippen molar-refractivity contribution in [1.82, 2.24) is 16.0 Å². The summed E-state index contributed by atoms with van der Waals surface area (Å²) >= 11 is 1.12. The first-order chi connectivity index (χ1) is 17.3. The molecular formula is C26H28N4O5S. The van der Waals surface area contributed by atoms with E-state index >= 15 is 0 Å². The zero-order chi connectivity index (χ0) is 25.9. The highest BCUT2D eigenvalue weighted by Crippen LogP contribution is 2.22. The quantitative estimate of drug-likeness (QED) is 0.268. The van der Waals surface area contributed by atoms with Crippen molar-refractivity contribution in [1.29, 1.82) is 0 Å². The van der Waals surface area contributed by atoms with Crippen molar-refractivity contribution < 1.29 is 24.3 Å². The van der Waals surface area contributed by atoms with Gasteiger partial charge in [0.25, 0.3) is 5.91 Å². The summed E-state index contributed by atoms with van der Waals surface area (Å²) in [4.78, 5) is 48.5. The standard InChI is InChI=1S/C26H28N4O5S/c1-17-7-9-19(10-8-17)20(15-24(32)33)29-22(31)13-14-27-25(34)21-11-12-23(36-21)30-26(35)28-16-18-5-3-2-4-6-18/h2-12,20H,13-16H2,1H3,(H,27,34)(H,29,31)(H,32,33)(H2,28,30,35). The van der Waals surface area contributed by atoms with Crippen LogP contribution in [-0.4, -0.2) is 35.5 Å². The number of urea groups is 1. The van der Waals surface area contributed by atoms with Crippen LogP contribution in [0.3, 0.4) is 0 Å². The fourth-order valence-corrected chi connectivity index (χ4v) is 4.15. The minimum absolute atomic E-state index is 0.00784. The average molecular weight is 509 g/mol. The Morgan fingerprint density at radius 2 is 1.64 bits per heavy atom. The monoisotopic (exact) mass is 508 g/mol. The molecule has 0 saturated carbocycles. The molecule has 10 heteroatoms.